The van der Waals surface area contributed by atoms with E-state index < -0.39 is 17.6 Å². The Morgan fingerprint density at radius 1 is 1.02 bits per heavy atom. The zero-order valence-electron chi connectivity index (χ0n) is 33.0. The molecule has 6 rings (SSSR count). The summed E-state index contributed by atoms with van der Waals surface area (Å²) >= 11 is 0. The normalized spacial score (nSPS) is 38.5. The number of carbonyl (C=O) groups excluding carboxylic acids is 2. The van der Waals surface area contributed by atoms with Gasteiger partial charge in [0.2, 0.25) is 0 Å². The second kappa shape index (κ2) is 13.3. The number of phenolic OH excluding ortho intramolecular Hbond substituents is 1. The summed E-state index contributed by atoms with van der Waals surface area (Å²) in [4.78, 5) is 29.2. The van der Waals surface area contributed by atoms with E-state index in [9.17, 15) is 24.9 Å². The van der Waals surface area contributed by atoms with E-state index in [1.807, 2.05) is 20.9 Å². The van der Waals surface area contributed by atoms with Crippen LogP contribution in [0.2, 0.25) is 0 Å². The maximum atomic E-state index is 14.7. The number of benzene rings is 1. The highest BCUT2D eigenvalue weighted by Gasteiger charge is 2.71. The molecule has 0 bridgehead atoms. The average Bonchev–Trinajstić information content (AvgIpc) is 3.57. The lowest BCUT2D eigenvalue weighted by molar-refractivity contribution is -0.193. The van der Waals surface area contributed by atoms with Gasteiger partial charge in [-0.3, -0.25) is 9.59 Å². The van der Waals surface area contributed by atoms with Gasteiger partial charge in [0.15, 0.2) is 5.78 Å². The van der Waals surface area contributed by atoms with Crippen molar-refractivity contribution < 1.29 is 29.6 Å². The Morgan fingerprint density at radius 3 is 2.31 bits per heavy atom. The molecule has 11 atom stereocenters. The van der Waals surface area contributed by atoms with Crippen molar-refractivity contribution in [1.29, 1.82) is 0 Å². The molecule has 8 nitrogen and oxygen atoms in total. The van der Waals surface area contributed by atoms with Crippen LogP contribution in [0.15, 0.2) is 29.3 Å². The monoisotopic (exact) mass is 706 g/mol. The molecule has 1 saturated heterocycles. The van der Waals surface area contributed by atoms with Crippen LogP contribution in [0, 0.1) is 39.4 Å². The Kier molecular flexibility index (Phi) is 10.1. The highest BCUT2D eigenvalue weighted by Crippen LogP contribution is 2.75. The summed E-state index contributed by atoms with van der Waals surface area (Å²) in [5.41, 5.74) is 2.23. The topological polar surface area (TPSA) is 131 Å². The molecule has 1 aromatic rings. The van der Waals surface area contributed by atoms with Crippen molar-refractivity contribution in [3.05, 3.63) is 40.5 Å². The molecule has 5 aliphatic rings. The quantitative estimate of drug-likeness (QED) is 0.154. The van der Waals surface area contributed by atoms with Crippen molar-refractivity contribution in [2.75, 3.05) is 13.6 Å². The van der Waals surface area contributed by atoms with Crippen molar-refractivity contribution in [3.8, 4) is 5.75 Å². The fourth-order valence-corrected chi connectivity index (χ4v) is 12.8. The third-order valence-electron chi connectivity index (χ3n) is 14.9. The molecule has 5 N–H and O–H groups in total. The minimum absolute atomic E-state index is 0.00117. The largest absolute Gasteiger partial charge is 0.508 e. The van der Waals surface area contributed by atoms with E-state index in [2.05, 4.69) is 58.2 Å². The van der Waals surface area contributed by atoms with Gasteiger partial charge in [-0.15, -0.1) is 0 Å². The summed E-state index contributed by atoms with van der Waals surface area (Å²) in [6.45, 7) is 20.5. The molecule has 8 heteroatoms. The van der Waals surface area contributed by atoms with Gasteiger partial charge in [-0.2, -0.15) is 0 Å². The molecular formula is C43H66N2O6. The van der Waals surface area contributed by atoms with Gasteiger partial charge >= 0.3 is 0 Å². The molecule has 0 radical (unpaired) electrons. The van der Waals surface area contributed by atoms with E-state index in [0.717, 1.165) is 48.8 Å². The highest BCUT2D eigenvalue weighted by molar-refractivity contribution is 6.00. The van der Waals surface area contributed by atoms with Crippen LogP contribution in [-0.4, -0.2) is 70.4 Å². The smallest absolute Gasteiger partial charge is 0.160 e. The van der Waals surface area contributed by atoms with Gasteiger partial charge in [0.1, 0.15) is 17.6 Å². The zero-order chi connectivity index (χ0) is 37.5. The van der Waals surface area contributed by atoms with Crippen molar-refractivity contribution in [2.24, 2.45) is 39.4 Å². The lowest BCUT2D eigenvalue weighted by Crippen LogP contribution is -2.69. The fourth-order valence-electron chi connectivity index (χ4n) is 12.8. The molecule has 4 fully saturated rings. The van der Waals surface area contributed by atoms with E-state index in [-0.39, 0.29) is 75.0 Å². The second-order valence-corrected chi connectivity index (χ2v) is 19.1. The van der Waals surface area contributed by atoms with Crippen molar-refractivity contribution in [1.82, 2.24) is 10.6 Å². The predicted octanol–water partition coefficient (Wildman–Crippen LogP) is 6.60. The van der Waals surface area contributed by atoms with E-state index in [1.165, 1.54) is 5.57 Å². The van der Waals surface area contributed by atoms with Gasteiger partial charge < -0.3 is 30.7 Å². The summed E-state index contributed by atoms with van der Waals surface area (Å²) in [6.07, 6.45) is 4.76. The molecule has 0 spiro atoms. The number of aliphatic hydroxyl groups is 2. The Bertz CT molecular complexity index is 1560. The number of epoxide rings is 1. The van der Waals surface area contributed by atoms with Crippen molar-refractivity contribution in [2.45, 2.75) is 156 Å². The summed E-state index contributed by atoms with van der Waals surface area (Å²) in [7, 11) is 1.88. The van der Waals surface area contributed by atoms with Crippen LogP contribution in [0.1, 0.15) is 131 Å². The van der Waals surface area contributed by atoms with Crippen LogP contribution in [0.5, 0.6) is 5.75 Å². The highest BCUT2D eigenvalue weighted by atomic mass is 16.6. The van der Waals surface area contributed by atoms with E-state index in [0.29, 0.717) is 32.4 Å². The number of carbonyl (C=O) groups is 2. The number of hydrogen-bond acceptors (Lipinski definition) is 8. The molecular weight excluding hydrogens is 640 g/mol. The van der Waals surface area contributed by atoms with Gasteiger partial charge in [0, 0.05) is 42.3 Å². The summed E-state index contributed by atoms with van der Waals surface area (Å²) in [5, 5.41) is 39.6. The molecule has 0 aromatic heterocycles. The van der Waals surface area contributed by atoms with Crippen LogP contribution in [-0.2, 0) is 20.9 Å². The number of Topliss-reactive ketones (excluding diaryl/α,β-unsaturated/α-hetero) is 2. The zero-order valence-corrected chi connectivity index (χ0v) is 33.0. The van der Waals surface area contributed by atoms with Crippen molar-refractivity contribution in [3.63, 3.8) is 0 Å². The minimum Gasteiger partial charge on any atom is -0.508 e. The third kappa shape index (κ3) is 6.27. The van der Waals surface area contributed by atoms with Gasteiger partial charge in [0.05, 0.1) is 17.8 Å². The van der Waals surface area contributed by atoms with Crippen LogP contribution >= 0.6 is 0 Å². The Morgan fingerprint density at radius 2 is 1.71 bits per heavy atom. The summed E-state index contributed by atoms with van der Waals surface area (Å²) < 4.78 is 5.83. The number of aliphatic hydroxyl groups excluding tert-OH is 2. The maximum Gasteiger partial charge on any atom is 0.160 e. The molecule has 0 unspecified atom stereocenters. The van der Waals surface area contributed by atoms with Crippen LogP contribution < -0.4 is 10.6 Å². The number of ether oxygens (including phenoxy) is 1. The number of hydrogen-bond donors (Lipinski definition) is 5. The van der Waals surface area contributed by atoms with E-state index in [1.54, 1.807) is 19.1 Å². The van der Waals surface area contributed by atoms with Gasteiger partial charge in [-0.25, -0.2) is 0 Å². The first-order chi connectivity index (χ1) is 23.7. The number of phenols is 1. The molecule has 51 heavy (non-hydrogen) atoms. The molecule has 0 amide bonds. The first-order valence-corrected chi connectivity index (χ1v) is 19.8. The van der Waals surface area contributed by atoms with Gasteiger partial charge in [-0.05, 0) is 124 Å². The van der Waals surface area contributed by atoms with Gasteiger partial charge in [-0.1, -0.05) is 59.6 Å². The van der Waals surface area contributed by atoms with E-state index >= 15 is 0 Å². The summed E-state index contributed by atoms with van der Waals surface area (Å²) in [6, 6.07) is 5.61. The number of allylic oxidation sites excluding steroid dienone is 2. The number of fused-ring (bicyclic) bond motifs is 5. The maximum absolute atomic E-state index is 14.7. The molecule has 3 saturated carbocycles. The van der Waals surface area contributed by atoms with Crippen molar-refractivity contribution >= 4 is 11.6 Å². The number of ketones is 2. The Hall–Kier alpha value is -2.10. The Labute approximate surface area is 306 Å². The van der Waals surface area contributed by atoms with Crippen LogP contribution in [0.4, 0.5) is 0 Å². The average molecular weight is 707 g/mol. The third-order valence-corrected chi connectivity index (χ3v) is 14.9. The minimum atomic E-state index is -0.668. The predicted molar refractivity (Wildman–Crippen MR) is 200 cm³/mol. The lowest BCUT2D eigenvalue weighted by Gasteiger charge is -2.70. The lowest BCUT2D eigenvalue weighted by atomic mass is 9.34. The first kappa shape index (κ1) is 38.6. The first-order valence-electron chi connectivity index (χ1n) is 19.8. The van der Waals surface area contributed by atoms with Gasteiger partial charge in [0.25, 0.3) is 0 Å². The molecule has 4 aliphatic carbocycles. The van der Waals surface area contributed by atoms with Crippen LogP contribution in [0.3, 0.4) is 0 Å². The summed E-state index contributed by atoms with van der Waals surface area (Å²) in [5.74, 6) is 0.544. The van der Waals surface area contributed by atoms with E-state index in [4.69, 9.17) is 4.74 Å². The SMILES string of the molecule is CCC[C@H](C[C@@H](O)[C@@H]1OC1(C)C)C1=C2CC[C@H]3[C@@]4(C)C[C@H](c5cc(O)cc(CNC)c5)C(=O)C(C)(C)[C@@H]4[C@@H](NC[C@H](C)O)C[C@]3(C)[C@@]2(C)CC1=O. The molecule has 284 valence electrons. The second-order valence-electron chi connectivity index (χ2n) is 19.1. The molecule has 1 aromatic carbocycles. The standard InChI is InChI=1S/C43H66N2O6/c1-11-12-26(18-32(48)38-40(5,6)51-38)35-30-13-14-34-41(7)19-29(27-15-25(23-44-10)16-28(47)17-27)37(50)39(3,4)36(41)31(45-22-24(2)46)20-43(34,9)42(30,8)21-33(35)49/h15-17,24,26,29,31-32,34,36,38,44-48H,11-14,18-23H2,1-10H3/t24-,26+,29+,31-,32+,34-,36-,38-,41+,42-,43-/m0/s1. The van der Waals surface area contributed by atoms with Crippen LogP contribution in [0.25, 0.3) is 0 Å². The number of nitrogens with one attached hydrogen (secondary N) is 2. The number of aromatic hydroxyl groups is 1. The molecule has 1 heterocycles. The number of rotatable bonds is 12. The molecule has 1 aliphatic heterocycles. The Balaban J connectivity index is 1.44. The fraction of sp³-hybridized carbons (Fsp3) is 0.767.